The van der Waals surface area contributed by atoms with Crippen LogP contribution in [0.25, 0.3) is 16.9 Å². The SMILES string of the molecule is Cc1ccc(-n2c(-c3ccccc3)cc(C(=O)NC(C)C)c2C)cc1C. The maximum Gasteiger partial charge on any atom is 0.253 e. The molecule has 0 bridgehead atoms. The number of nitrogens with zero attached hydrogens (tertiary/aromatic N) is 1. The van der Waals surface area contributed by atoms with E-state index >= 15 is 0 Å². The first kappa shape index (κ1) is 18.0. The van der Waals surface area contributed by atoms with E-state index in [-0.39, 0.29) is 11.9 Å². The van der Waals surface area contributed by atoms with Gasteiger partial charge in [-0.25, -0.2) is 0 Å². The molecule has 0 saturated heterocycles. The molecule has 2 aromatic carbocycles. The molecule has 134 valence electrons. The predicted octanol–water partition coefficient (Wildman–Crippen LogP) is 5.21. The summed E-state index contributed by atoms with van der Waals surface area (Å²) in [4.78, 5) is 12.7. The lowest BCUT2D eigenvalue weighted by Gasteiger charge is -2.14. The van der Waals surface area contributed by atoms with E-state index in [1.807, 2.05) is 45.0 Å². The summed E-state index contributed by atoms with van der Waals surface area (Å²) in [5.41, 5.74) is 7.37. The second kappa shape index (κ2) is 7.20. The fourth-order valence-electron chi connectivity index (χ4n) is 3.20. The fourth-order valence-corrected chi connectivity index (χ4v) is 3.20. The molecule has 0 spiro atoms. The number of amides is 1. The van der Waals surface area contributed by atoms with Crippen LogP contribution in [0.4, 0.5) is 0 Å². The smallest absolute Gasteiger partial charge is 0.253 e. The van der Waals surface area contributed by atoms with Crippen LogP contribution in [0.5, 0.6) is 0 Å². The summed E-state index contributed by atoms with van der Waals surface area (Å²) in [5, 5.41) is 3.01. The van der Waals surface area contributed by atoms with Crippen LogP contribution in [0.2, 0.25) is 0 Å². The van der Waals surface area contributed by atoms with Crippen molar-refractivity contribution in [2.24, 2.45) is 0 Å². The summed E-state index contributed by atoms with van der Waals surface area (Å²) >= 11 is 0. The van der Waals surface area contributed by atoms with Gasteiger partial charge in [0.25, 0.3) is 5.91 Å². The minimum atomic E-state index is -0.0303. The summed E-state index contributed by atoms with van der Waals surface area (Å²) in [7, 11) is 0. The van der Waals surface area contributed by atoms with Crippen molar-refractivity contribution in [2.45, 2.75) is 40.7 Å². The van der Waals surface area contributed by atoms with Crippen molar-refractivity contribution in [1.29, 1.82) is 0 Å². The first-order chi connectivity index (χ1) is 12.4. The molecule has 1 amide bonds. The number of aromatic nitrogens is 1. The predicted molar refractivity (Wildman–Crippen MR) is 108 cm³/mol. The monoisotopic (exact) mass is 346 g/mol. The van der Waals surface area contributed by atoms with Crippen molar-refractivity contribution >= 4 is 5.91 Å². The molecular weight excluding hydrogens is 320 g/mol. The molecule has 3 heteroatoms. The Kier molecular flexibility index (Phi) is 4.99. The van der Waals surface area contributed by atoms with Gasteiger partial charge in [0.05, 0.1) is 11.3 Å². The summed E-state index contributed by atoms with van der Waals surface area (Å²) in [6.45, 7) is 10.2. The van der Waals surface area contributed by atoms with Crippen LogP contribution >= 0.6 is 0 Å². The van der Waals surface area contributed by atoms with E-state index in [1.165, 1.54) is 11.1 Å². The van der Waals surface area contributed by atoms with Gasteiger partial charge in [0.15, 0.2) is 0 Å². The van der Waals surface area contributed by atoms with Crippen LogP contribution in [0.3, 0.4) is 0 Å². The molecule has 26 heavy (non-hydrogen) atoms. The maximum atomic E-state index is 12.7. The quantitative estimate of drug-likeness (QED) is 0.691. The molecule has 3 rings (SSSR count). The van der Waals surface area contributed by atoms with E-state index in [0.29, 0.717) is 0 Å². The highest BCUT2D eigenvalue weighted by molar-refractivity contribution is 5.97. The molecule has 0 fully saturated rings. The van der Waals surface area contributed by atoms with E-state index in [9.17, 15) is 4.79 Å². The van der Waals surface area contributed by atoms with E-state index in [0.717, 1.165) is 28.2 Å². The molecule has 1 N–H and O–H groups in total. The Hall–Kier alpha value is -2.81. The van der Waals surface area contributed by atoms with Crippen LogP contribution < -0.4 is 5.32 Å². The zero-order valence-electron chi connectivity index (χ0n) is 16.1. The van der Waals surface area contributed by atoms with Gasteiger partial charge in [0.1, 0.15) is 0 Å². The van der Waals surface area contributed by atoms with E-state index in [1.54, 1.807) is 0 Å². The number of aryl methyl sites for hydroxylation is 2. The van der Waals surface area contributed by atoms with Gasteiger partial charge >= 0.3 is 0 Å². The summed E-state index contributed by atoms with van der Waals surface area (Å²) < 4.78 is 2.18. The van der Waals surface area contributed by atoms with Crippen molar-refractivity contribution in [1.82, 2.24) is 9.88 Å². The number of benzene rings is 2. The van der Waals surface area contributed by atoms with Crippen molar-refractivity contribution < 1.29 is 4.79 Å². The highest BCUT2D eigenvalue weighted by Crippen LogP contribution is 2.30. The number of rotatable bonds is 4. The lowest BCUT2D eigenvalue weighted by Crippen LogP contribution is -2.30. The van der Waals surface area contributed by atoms with Crippen LogP contribution in [-0.2, 0) is 0 Å². The fraction of sp³-hybridized carbons (Fsp3) is 0.261. The standard InChI is InChI=1S/C23H26N2O/c1-15(2)24-23(26)21-14-22(19-9-7-6-8-10-19)25(18(21)5)20-12-11-16(3)17(4)13-20/h6-15H,1-5H3,(H,24,26). The van der Waals surface area contributed by atoms with Gasteiger partial charge in [0.2, 0.25) is 0 Å². The highest BCUT2D eigenvalue weighted by Gasteiger charge is 2.20. The Bertz CT molecular complexity index is 936. The second-order valence-electron chi connectivity index (χ2n) is 7.13. The lowest BCUT2D eigenvalue weighted by molar-refractivity contribution is 0.0942. The van der Waals surface area contributed by atoms with Gasteiger partial charge in [-0.15, -0.1) is 0 Å². The van der Waals surface area contributed by atoms with E-state index < -0.39 is 0 Å². The minimum Gasteiger partial charge on any atom is -0.350 e. The van der Waals surface area contributed by atoms with Crippen LogP contribution in [0.1, 0.15) is 41.0 Å². The van der Waals surface area contributed by atoms with E-state index in [4.69, 9.17) is 0 Å². The molecular formula is C23H26N2O. The number of carbonyl (C=O) groups excluding carboxylic acids is 1. The molecule has 0 atom stereocenters. The first-order valence-corrected chi connectivity index (χ1v) is 9.04. The molecule has 0 aliphatic carbocycles. The maximum absolute atomic E-state index is 12.7. The Morgan fingerprint density at radius 2 is 1.62 bits per heavy atom. The van der Waals surface area contributed by atoms with Crippen LogP contribution in [-0.4, -0.2) is 16.5 Å². The number of nitrogens with one attached hydrogen (secondary N) is 1. The van der Waals surface area contributed by atoms with Crippen molar-refractivity contribution in [2.75, 3.05) is 0 Å². The third-order valence-corrected chi connectivity index (χ3v) is 4.73. The largest absolute Gasteiger partial charge is 0.350 e. The molecule has 0 unspecified atom stereocenters. The highest BCUT2D eigenvalue weighted by atomic mass is 16.1. The average molecular weight is 346 g/mol. The normalized spacial score (nSPS) is 11.0. The first-order valence-electron chi connectivity index (χ1n) is 9.04. The van der Waals surface area contributed by atoms with Crippen LogP contribution in [0, 0.1) is 20.8 Å². The van der Waals surface area contributed by atoms with Gasteiger partial charge in [-0.3, -0.25) is 4.79 Å². The summed E-state index contributed by atoms with van der Waals surface area (Å²) in [5.74, 6) is -0.0303. The van der Waals surface area contributed by atoms with Crippen LogP contribution in [0.15, 0.2) is 54.6 Å². The Morgan fingerprint density at radius 3 is 2.23 bits per heavy atom. The van der Waals surface area contributed by atoms with Crippen molar-refractivity contribution in [3.63, 3.8) is 0 Å². The molecule has 1 aromatic heterocycles. The molecule has 3 nitrogen and oxygen atoms in total. The second-order valence-corrected chi connectivity index (χ2v) is 7.13. The van der Waals surface area contributed by atoms with Gasteiger partial charge in [-0.1, -0.05) is 36.4 Å². The van der Waals surface area contributed by atoms with Gasteiger partial charge in [0, 0.05) is 17.4 Å². The van der Waals surface area contributed by atoms with E-state index in [2.05, 4.69) is 54.1 Å². The molecule has 0 saturated carbocycles. The molecule has 0 aliphatic heterocycles. The topological polar surface area (TPSA) is 34.0 Å². The Balaban J connectivity index is 2.22. The van der Waals surface area contributed by atoms with Crippen molar-refractivity contribution in [3.8, 4) is 16.9 Å². The molecule has 0 aliphatic rings. The third kappa shape index (κ3) is 3.43. The molecule has 1 heterocycles. The van der Waals surface area contributed by atoms with Gasteiger partial charge < -0.3 is 9.88 Å². The summed E-state index contributed by atoms with van der Waals surface area (Å²) in [6.07, 6.45) is 0. The number of carbonyl (C=O) groups is 1. The van der Waals surface area contributed by atoms with Gasteiger partial charge in [-0.2, -0.15) is 0 Å². The molecule has 0 radical (unpaired) electrons. The zero-order chi connectivity index (χ0) is 18.8. The number of hydrogen-bond acceptors (Lipinski definition) is 1. The number of hydrogen-bond donors (Lipinski definition) is 1. The third-order valence-electron chi connectivity index (χ3n) is 4.73. The van der Waals surface area contributed by atoms with Gasteiger partial charge in [-0.05, 0) is 69.5 Å². The summed E-state index contributed by atoms with van der Waals surface area (Å²) in [6, 6.07) is 18.7. The lowest BCUT2D eigenvalue weighted by atomic mass is 10.1. The minimum absolute atomic E-state index is 0.0303. The molecule has 3 aromatic rings. The van der Waals surface area contributed by atoms with Crippen molar-refractivity contribution in [3.05, 3.63) is 77.0 Å². The Morgan fingerprint density at radius 1 is 0.923 bits per heavy atom. The average Bonchev–Trinajstić information content (AvgIpc) is 2.95. The Labute approximate surface area is 155 Å². The zero-order valence-corrected chi connectivity index (χ0v) is 16.1.